The summed E-state index contributed by atoms with van der Waals surface area (Å²) < 4.78 is 0. The van der Waals surface area contributed by atoms with Crippen LogP contribution >= 0.6 is 34.5 Å². The van der Waals surface area contributed by atoms with Crippen molar-refractivity contribution < 1.29 is 0 Å². The largest absolute Gasteiger partial charge is 0.322 e. The Morgan fingerprint density at radius 3 is 2.73 bits per heavy atom. The van der Waals surface area contributed by atoms with Gasteiger partial charge in [0.15, 0.2) is 0 Å². The Morgan fingerprint density at radius 1 is 1.33 bits per heavy atom. The molecule has 78 valence electrons. The van der Waals surface area contributed by atoms with Gasteiger partial charge in [-0.25, -0.2) is 5.10 Å². The van der Waals surface area contributed by atoms with Gasteiger partial charge in [0.05, 0.1) is 10.0 Å². The van der Waals surface area contributed by atoms with Crippen molar-refractivity contribution in [3.8, 4) is 0 Å². The minimum atomic E-state index is -0.148. The van der Waals surface area contributed by atoms with E-state index in [1.165, 1.54) is 0 Å². The highest BCUT2D eigenvalue weighted by molar-refractivity contribution is 7.08. The van der Waals surface area contributed by atoms with E-state index >= 15 is 0 Å². The first-order chi connectivity index (χ1) is 7.15. The third-order valence-corrected chi connectivity index (χ3v) is 3.31. The monoisotopic (exact) mass is 260 g/mol. The van der Waals surface area contributed by atoms with Gasteiger partial charge in [-0.3, -0.25) is 4.79 Å². The molecule has 0 saturated heterocycles. The van der Waals surface area contributed by atoms with Gasteiger partial charge in [0.2, 0.25) is 0 Å². The summed E-state index contributed by atoms with van der Waals surface area (Å²) in [5.41, 5.74) is 0.979. The topological polar surface area (TPSA) is 45.8 Å². The summed E-state index contributed by atoms with van der Waals surface area (Å²) in [6, 6.07) is 5.37. The molecular formula is C9H6Cl2N2OS. The van der Waals surface area contributed by atoms with Crippen molar-refractivity contribution in [2.24, 2.45) is 0 Å². The molecule has 0 radical (unpaired) electrons. The van der Waals surface area contributed by atoms with Crippen molar-refractivity contribution in [1.29, 1.82) is 0 Å². The average molecular weight is 261 g/mol. The molecule has 0 spiro atoms. The average Bonchev–Trinajstić information content (AvgIpc) is 2.58. The number of aromatic amines is 1. The van der Waals surface area contributed by atoms with Crippen molar-refractivity contribution in [3.63, 3.8) is 0 Å². The van der Waals surface area contributed by atoms with E-state index in [1.807, 2.05) is 6.07 Å². The molecule has 0 saturated carbocycles. The fourth-order valence-electron chi connectivity index (χ4n) is 1.16. The maximum absolute atomic E-state index is 10.9. The Labute approximate surface area is 99.7 Å². The smallest absolute Gasteiger partial charge is 0.255 e. The second kappa shape index (κ2) is 4.35. The third-order valence-electron chi connectivity index (χ3n) is 1.82. The molecule has 0 aliphatic heterocycles. The number of hydrogen-bond acceptors (Lipinski definition) is 3. The lowest BCUT2D eigenvalue weighted by Crippen LogP contribution is -1.90. The fourth-order valence-corrected chi connectivity index (χ4v) is 2.12. The Bertz CT molecular complexity index is 535. The van der Waals surface area contributed by atoms with Gasteiger partial charge in [0.1, 0.15) is 5.01 Å². The zero-order chi connectivity index (χ0) is 10.8. The molecule has 1 aromatic heterocycles. The number of nitrogens with zero attached hydrogens (tertiary/aromatic N) is 1. The summed E-state index contributed by atoms with van der Waals surface area (Å²) in [6.07, 6.45) is 0.584. The number of rotatable bonds is 2. The number of nitrogens with one attached hydrogen (secondary N) is 1. The van der Waals surface area contributed by atoms with E-state index in [4.69, 9.17) is 23.2 Å². The summed E-state index contributed by atoms with van der Waals surface area (Å²) in [5, 5.41) is 8.01. The van der Waals surface area contributed by atoms with E-state index in [-0.39, 0.29) is 4.87 Å². The highest BCUT2D eigenvalue weighted by atomic mass is 35.5. The maximum atomic E-state index is 10.9. The third kappa shape index (κ3) is 2.59. The molecule has 2 aromatic rings. The minimum absolute atomic E-state index is 0.148. The second-order valence-corrected chi connectivity index (χ2v) is 4.79. The number of halogens is 2. The van der Waals surface area contributed by atoms with Crippen molar-refractivity contribution >= 4 is 34.5 Å². The van der Waals surface area contributed by atoms with E-state index in [9.17, 15) is 4.79 Å². The van der Waals surface area contributed by atoms with Gasteiger partial charge in [-0.1, -0.05) is 40.6 Å². The lowest BCUT2D eigenvalue weighted by atomic mass is 10.2. The fraction of sp³-hybridized carbons (Fsp3) is 0.111. The van der Waals surface area contributed by atoms with Crippen LogP contribution < -0.4 is 4.87 Å². The van der Waals surface area contributed by atoms with Crippen LogP contribution in [0.4, 0.5) is 0 Å². The highest BCUT2D eigenvalue weighted by Gasteiger charge is 2.04. The van der Waals surface area contributed by atoms with E-state index in [1.54, 1.807) is 12.1 Å². The molecule has 0 atom stereocenters. The zero-order valence-corrected chi connectivity index (χ0v) is 9.79. The normalized spacial score (nSPS) is 10.5. The lowest BCUT2D eigenvalue weighted by molar-refractivity contribution is 0.985. The number of aromatic nitrogens is 2. The van der Waals surface area contributed by atoms with Crippen LogP contribution in [0.15, 0.2) is 23.0 Å². The Balaban J connectivity index is 2.24. The van der Waals surface area contributed by atoms with Crippen molar-refractivity contribution in [2.75, 3.05) is 0 Å². The van der Waals surface area contributed by atoms with Gasteiger partial charge < -0.3 is 0 Å². The Morgan fingerprint density at radius 2 is 2.13 bits per heavy atom. The number of hydrogen-bond donors (Lipinski definition) is 1. The molecule has 3 nitrogen and oxygen atoms in total. The molecule has 1 heterocycles. The molecule has 0 aliphatic rings. The van der Waals surface area contributed by atoms with Crippen LogP contribution in [0.2, 0.25) is 10.0 Å². The predicted octanol–water partition coefficient (Wildman–Crippen LogP) is 2.73. The first kappa shape index (κ1) is 10.7. The first-order valence-corrected chi connectivity index (χ1v) is 5.71. The Hall–Kier alpha value is -0.840. The van der Waals surface area contributed by atoms with Gasteiger partial charge in [-0.15, -0.1) is 0 Å². The summed E-state index contributed by atoms with van der Waals surface area (Å²) in [7, 11) is 0. The lowest BCUT2D eigenvalue weighted by Gasteiger charge is -1.99. The molecule has 6 heteroatoms. The quantitative estimate of drug-likeness (QED) is 0.903. The zero-order valence-electron chi connectivity index (χ0n) is 7.46. The van der Waals surface area contributed by atoms with Gasteiger partial charge in [0, 0.05) is 6.42 Å². The summed E-state index contributed by atoms with van der Waals surface area (Å²) >= 11 is 12.7. The molecule has 2 rings (SSSR count). The van der Waals surface area contributed by atoms with Crippen LogP contribution in [0.3, 0.4) is 0 Å². The molecule has 1 aromatic carbocycles. The Kier molecular flexibility index (Phi) is 3.09. The van der Waals surface area contributed by atoms with E-state index in [0.717, 1.165) is 21.9 Å². The van der Waals surface area contributed by atoms with Gasteiger partial charge in [-0.05, 0) is 17.7 Å². The molecule has 0 fully saturated rings. The van der Waals surface area contributed by atoms with Gasteiger partial charge in [-0.2, -0.15) is 5.10 Å². The predicted molar refractivity (Wildman–Crippen MR) is 62.0 cm³/mol. The molecule has 1 N–H and O–H groups in total. The second-order valence-electron chi connectivity index (χ2n) is 2.93. The molecule has 0 unspecified atom stereocenters. The van der Waals surface area contributed by atoms with Crippen LogP contribution in [-0.2, 0) is 6.42 Å². The van der Waals surface area contributed by atoms with E-state index in [2.05, 4.69) is 10.2 Å². The van der Waals surface area contributed by atoms with Gasteiger partial charge in [0.25, 0.3) is 0 Å². The van der Waals surface area contributed by atoms with E-state index in [0.29, 0.717) is 16.5 Å². The van der Waals surface area contributed by atoms with Crippen molar-refractivity contribution in [1.82, 2.24) is 10.2 Å². The van der Waals surface area contributed by atoms with Crippen LogP contribution in [-0.4, -0.2) is 10.2 Å². The highest BCUT2D eigenvalue weighted by Crippen LogP contribution is 2.23. The minimum Gasteiger partial charge on any atom is -0.255 e. The van der Waals surface area contributed by atoms with Crippen LogP contribution in [0.5, 0.6) is 0 Å². The van der Waals surface area contributed by atoms with Crippen LogP contribution in [0, 0.1) is 0 Å². The van der Waals surface area contributed by atoms with Crippen LogP contribution in [0.1, 0.15) is 10.6 Å². The molecule has 0 aliphatic carbocycles. The van der Waals surface area contributed by atoms with Crippen LogP contribution in [0.25, 0.3) is 0 Å². The summed E-state index contributed by atoms with van der Waals surface area (Å²) in [4.78, 5) is 10.7. The molecule has 15 heavy (non-hydrogen) atoms. The first-order valence-electron chi connectivity index (χ1n) is 4.13. The summed E-state index contributed by atoms with van der Waals surface area (Å²) in [5.74, 6) is 0. The maximum Gasteiger partial charge on any atom is 0.322 e. The van der Waals surface area contributed by atoms with E-state index < -0.39 is 0 Å². The number of benzene rings is 1. The van der Waals surface area contributed by atoms with Crippen molar-refractivity contribution in [3.05, 3.63) is 48.5 Å². The molecular weight excluding hydrogens is 255 g/mol. The van der Waals surface area contributed by atoms with Gasteiger partial charge >= 0.3 is 4.87 Å². The standard InChI is InChI=1S/C9H6Cl2N2OS/c10-6-2-1-5(3-7(6)11)4-8-12-13-9(14)15-8/h1-3H,4H2,(H,13,14). The SMILES string of the molecule is O=c1[nH]nc(Cc2ccc(Cl)c(Cl)c2)s1. The number of H-pyrrole nitrogens is 1. The summed E-state index contributed by atoms with van der Waals surface area (Å²) in [6.45, 7) is 0. The molecule has 0 bridgehead atoms. The van der Waals surface area contributed by atoms with Crippen molar-refractivity contribution in [2.45, 2.75) is 6.42 Å². The molecule has 0 amide bonds.